The number of sulfonamides is 1. The molecule has 7 heteroatoms. The first-order chi connectivity index (χ1) is 9.98. The minimum absolute atomic E-state index is 0.169. The molecule has 21 heavy (non-hydrogen) atoms. The number of aliphatic hydroxyl groups is 1. The highest BCUT2D eigenvalue weighted by molar-refractivity contribution is 7.89. The minimum Gasteiger partial charge on any atom is -0.468 e. The zero-order valence-corrected chi connectivity index (χ0v) is 13.0. The fraction of sp³-hybridized carbons (Fsp3) is 0.429. The lowest BCUT2D eigenvalue weighted by atomic mass is 10.4. The number of aliphatic hydroxyl groups excluding tert-OH is 1. The van der Waals surface area contributed by atoms with E-state index in [1.807, 2.05) is 6.92 Å². The van der Waals surface area contributed by atoms with Gasteiger partial charge in [-0.15, -0.1) is 0 Å². The first-order valence-electron chi connectivity index (χ1n) is 6.77. The van der Waals surface area contributed by atoms with Gasteiger partial charge in [-0.3, -0.25) is 0 Å². The van der Waals surface area contributed by atoms with Gasteiger partial charge in [-0.05, 0) is 24.6 Å². The van der Waals surface area contributed by atoms with Crippen molar-refractivity contribution in [3.05, 3.63) is 42.1 Å². The highest BCUT2D eigenvalue weighted by Crippen LogP contribution is 2.20. The molecular weight excluding hydrogens is 292 g/mol. The lowest BCUT2D eigenvalue weighted by Gasteiger charge is -2.14. The van der Waals surface area contributed by atoms with Gasteiger partial charge in [-0.1, -0.05) is 6.92 Å². The van der Waals surface area contributed by atoms with Gasteiger partial charge < -0.3 is 14.1 Å². The molecular formula is C14H20N2O4S. The molecule has 0 bridgehead atoms. The number of rotatable bonds is 7. The summed E-state index contributed by atoms with van der Waals surface area (Å²) >= 11 is 0. The van der Waals surface area contributed by atoms with Gasteiger partial charge in [0.1, 0.15) is 10.7 Å². The van der Waals surface area contributed by atoms with Crippen LogP contribution < -0.4 is 0 Å². The van der Waals surface area contributed by atoms with Gasteiger partial charge in [0.25, 0.3) is 0 Å². The van der Waals surface area contributed by atoms with Crippen molar-refractivity contribution >= 4 is 10.0 Å². The van der Waals surface area contributed by atoms with Crippen LogP contribution in [-0.4, -0.2) is 29.4 Å². The molecule has 1 N–H and O–H groups in total. The molecule has 6 nitrogen and oxygen atoms in total. The van der Waals surface area contributed by atoms with Gasteiger partial charge in [-0.2, -0.15) is 4.31 Å². The van der Waals surface area contributed by atoms with Crippen LogP contribution in [0.15, 0.2) is 40.0 Å². The summed E-state index contributed by atoms with van der Waals surface area (Å²) in [6.07, 6.45) is 3.95. The standard InChI is InChI=1S/C14H20N2O4S/c1-3-6-16-10-14(8-12(16)11-17)21(18,19)15(2)9-13-5-4-7-20-13/h4-5,7-8,10,17H,3,6,9,11H2,1-2H3. The van der Waals surface area contributed by atoms with Crippen LogP contribution in [-0.2, 0) is 29.7 Å². The van der Waals surface area contributed by atoms with E-state index in [-0.39, 0.29) is 18.0 Å². The smallest absolute Gasteiger partial charge is 0.244 e. The third-order valence-corrected chi connectivity index (χ3v) is 5.02. The van der Waals surface area contributed by atoms with Crippen LogP contribution in [0.1, 0.15) is 24.8 Å². The maximum atomic E-state index is 12.5. The van der Waals surface area contributed by atoms with Crippen molar-refractivity contribution in [1.29, 1.82) is 0 Å². The molecule has 0 radical (unpaired) electrons. The van der Waals surface area contributed by atoms with Crippen molar-refractivity contribution in [2.75, 3.05) is 7.05 Å². The van der Waals surface area contributed by atoms with Gasteiger partial charge in [-0.25, -0.2) is 8.42 Å². The van der Waals surface area contributed by atoms with E-state index in [4.69, 9.17) is 4.42 Å². The summed E-state index contributed by atoms with van der Waals surface area (Å²) in [5.41, 5.74) is 0.599. The Labute approximate surface area is 124 Å². The van der Waals surface area contributed by atoms with Crippen LogP contribution in [0.5, 0.6) is 0 Å². The monoisotopic (exact) mass is 312 g/mol. The summed E-state index contributed by atoms with van der Waals surface area (Å²) < 4.78 is 33.2. The molecule has 0 aliphatic heterocycles. The highest BCUT2D eigenvalue weighted by atomic mass is 32.2. The van der Waals surface area contributed by atoms with Crippen molar-refractivity contribution in [3.63, 3.8) is 0 Å². The van der Waals surface area contributed by atoms with Crippen LogP contribution in [0.25, 0.3) is 0 Å². The summed E-state index contributed by atoms with van der Waals surface area (Å²) in [4.78, 5) is 0.189. The summed E-state index contributed by atoms with van der Waals surface area (Å²) in [5.74, 6) is 0.580. The average molecular weight is 312 g/mol. The van der Waals surface area contributed by atoms with Crippen LogP contribution in [0.2, 0.25) is 0 Å². The molecule has 0 fully saturated rings. The van der Waals surface area contributed by atoms with Gasteiger partial charge in [0.15, 0.2) is 0 Å². The summed E-state index contributed by atoms with van der Waals surface area (Å²) in [5, 5.41) is 9.33. The van der Waals surface area contributed by atoms with Crippen LogP contribution >= 0.6 is 0 Å². The van der Waals surface area contributed by atoms with E-state index < -0.39 is 10.0 Å². The van der Waals surface area contributed by atoms with Crippen molar-refractivity contribution < 1.29 is 17.9 Å². The SMILES string of the molecule is CCCn1cc(S(=O)(=O)N(C)Cc2ccco2)cc1CO. The molecule has 0 atom stereocenters. The van der Waals surface area contributed by atoms with Gasteiger partial charge >= 0.3 is 0 Å². The second kappa shape index (κ2) is 6.46. The number of furan rings is 1. The quantitative estimate of drug-likeness (QED) is 0.846. The lowest BCUT2D eigenvalue weighted by molar-refractivity contribution is 0.270. The van der Waals surface area contributed by atoms with Crippen molar-refractivity contribution in [3.8, 4) is 0 Å². The molecule has 0 saturated heterocycles. The molecule has 2 aromatic heterocycles. The predicted molar refractivity (Wildman–Crippen MR) is 78.0 cm³/mol. The first-order valence-corrected chi connectivity index (χ1v) is 8.21. The normalized spacial score (nSPS) is 12.2. The van der Waals surface area contributed by atoms with Crippen LogP contribution in [0.4, 0.5) is 0 Å². The average Bonchev–Trinajstić information content (AvgIpc) is 3.08. The fourth-order valence-corrected chi connectivity index (χ4v) is 3.34. The zero-order valence-electron chi connectivity index (χ0n) is 12.2. The maximum absolute atomic E-state index is 12.5. The second-order valence-electron chi connectivity index (χ2n) is 4.86. The Morgan fingerprint density at radius 3 is 2.76 bits per heavy atom. The Hall–Kier alpha value is -1.57. The molecule has 0 spiro atoms. The van der Waals surface area contributed by atoms with Crippen molar-refractivity contribution in [2.45, 2.75) is 37.9 Å². The van der Waals surface area contributed by atoms with Gasteiger partial charge in [0.05, 0.1) is 19.4 Å². The summed E-state index contributed by atoms with van der Waals surface area (Å²) in [6.45, 7) is 2.66. The second-order valence-corrected chi connectivity index (χ2v) is 6.90. The Morgan fingerprint density at radius 2 is 2.19 bits per heavy atom. The molecule has 0 aliphatic carbocycles. The summed E-state index contributed by atoms with van der Waals surface area (Å²) in [7, 11) is -2.10. The molecule has 0 unspecified atom stereocenters. The first kappa shape index (κ1) is 15.8. The molecule has 2 rings (SSSR count). The van der Waals surface area contributed by atoms with E-state index >= 15 is 0 Å². The predicted octanol–water partition coefficient (Wildman–Crippen LogP) is 1.80. The third kappa shape index (κ3) is 3.37. The van der Waals surface area contributed by atoms with Gasteiger partial charge in [0, 0.05) is 25.5 Å². The van der Waals surface area contributed by atoms with Crippen molar-refractivity contribution in [2.24, 2.45) is 0 Å². The largest absolute Gasteiger partial charge is 0.468 e. The summed E-state index contributed by atoms with van der Waals surface area (Å²) in [6, 6.07) is 4.97. The Balaban J connectivity index is 2.26. The highest BCUT2D eigenvalue weighted by Gasteiger charge is 2.24. The fourth-order valence-electron chi connectivity index (χ4n) is 2.13. The van der Waals surface area contributed by atoms with Crippen LogP contribution in [0, 0.1) is 0 Å². The van der Waals surface area contributed by atoms with E-state index in [1.165, 1.54) is 23.7 Å². The van der Waals surface area contributed by atoms with E-state index in [2.05, 4.69) is 0 Å². The number of hydrogen-bond acceptors (Lipinski definition) is 4. The van der Waals surface area contributed by atoms with E-state index in [9.17, 15) is 13.5 Å². The number of hydrogen-bond donors (Lipinski definition) is 1. The Bertz CT molecular complexity index is 674. The molecule has 0 amide bonds. The Kier molecular flexibility index (Phi) is 4.87. The van der Waals surface area contributed by atoms with E-state index in [0.29, 0.717) is 18.0 Å². The zero-order chi connectivity index (χ0) is 15.5. The molecule has 0 aromatic carbocycles. The molecule has 116 valence electrons. The van der Waals surface area contributed by atoms with E-state index in [0.717, 1.165) is 6.42 Å². The third-order valence-electron chi connectivity index (χ3n) is 3.25. The number of nitrogens with zero attached hydrogens (tertiary/aromatic N) is 2. The minimum atomic E-state index is -3.60. The molecule has 0 aliphatic rings. The van der Waals surface area contributed by atoms with Gasteiger partial charge in [0.2, 0.25) is 10.0 Å². The maximum Gasteiger partial charge on any atom is 0.244 e. The Morgan fingerprint density at radius 1 is 1.43 bits per heavy atom. The number of aryl methyl sites for hydroxylation is 1. The lowest BCUT2D eigenvalue weighted by Crippen LogP contribution is -2.26. The van der Waals surface area contributed by atoms with Crippen molar-refractivity contribution in [1.82, 2.24) is 8.87 Å². The van der Waals surface area contributed by atoms with Crippen LogP contribution in [0.3, 0.4) is 0 Å². The molecule has 0 saturated carbocycles. The number of aromatic nitrogens is 1. The topological polar surface area (TPSA) is 75.7 Å². The van der Waals surface area contributed by atoms with E-state index in [1.54, 1.807) is 22.9 Å². The molecule has 2 heterocycles. The molecule has 2 aromatic rings.